The monoisotopic (exact) mass is 246 g/mol. The molecule has 0 aliphatic rings. The van der Waals surface area contributed by atoms with Crippen molar-refractivity contribution in [2.24, 2.45) is 5.41 Å². The SMILES string of the molecule is CC(=O)C(CCCCO)(CCCCO)C(=O)O. The van der Waals surface area contributed by atoms with Gasteiger partial charge in [0.2, 0.25) is 0 Å². The average Bonchev–Trinajstić information content (AvgIpc) is 2.26. The van der Waals surface area contributed by atoms with Crippen LogP contribution in [0.4, 0.5) is 0 Å². The minimum Gasteiger partial charge on any atom is -0.480 e. The Morgan fingerprint density at radius 1 is 0.941 bits per heavy atom. The zero-order chi connectivity index (χ0) is 13.3. The van der Waals surface area contributed by atoms with Crippen molar-refractivity contribution in [3.63, 3.8) is 0 Å². The van der Waals surface area contributed by atoms with Crippen molar-refractivity contribution in [1.82, 2.24) is 0 Å². The van der Waals surface area contributed by atoms with Gasteiger partial charge in [-0.2, -0.15) is 0 Å². The second-order valence-corrected chi connectivity index (χ2v) is 4.30. The summed E-state index contributed by atoms with van der Waals surface area (Å²) in [4.78, 5) is 22.9. The highest BCUT2D eigenvalue weighted by molar-refractivity contribution is 6.01. The molecule has 0 rings (SSSR count). The Morgan fingerprint density at radius 2 is 1.35 bits per heavy atom. The number of rotatable bonds is 10. The Morgan fingerprint density at radius 3 is 1.59 bits per heavy atom. The predicted octanol–water partition coefficient (Wildman–Crippen LogP) is 0.972. The molecule has 0 amide bonds. The van der Waals surface area contributed by atoms with Gasteiger partial charge in [-0.05, 0) is 45.4 Å². The Labute approximate surface area is 101 Å². The summed E-state index contributed by atoms with van der Waals surface area (Å²) < 4.78 is 0. The zero-order valence-corrected chi connectivity index (χ0v) is 10.3. The van der Waals surface area contributed by atoms with Crippen LogP contribution in [0.1, 0.15) is 45.4 Å². The molecule has 0 saturated heterocycles. The number of carbonyl (C=O) groups is 2. The normalized spacial score (nSPS) is 11.5. The van der Waals surface area contributed by atoms with E-state index >= 15 is 0 Å². The number of aliphatic carboxylic acids is 1. The van der Waals surface area contributed by atoms with Crippen molar-refractivity contribution < 1.29 is 24.9 Å². The summed E-state index contributed by atoms with van der Waals surface area (Å²) in [7, 11) is 0. The third kappa shape index (κ3) is 4.83. The van der Waals surface area contributed by atoms with E-state index in [-0.39, 0.29) is 31.8 Å². The molecular weight excluding hydrogens is 224 g/mol. The maximum absolute atomic E-state index is 11.6. The Balaban J connectivity index is 4.62. The van der Waals surface area contributed by atoms with Crippen molar-refractivity contribution >= 4 is 11.8 Å². The molecule has 100 valence electrons. The van der Waals surface area contributed by atoms with Gasteiger partial charge in [0.15, 0.2) is 0 Å². The van der Waals surface area contributed by atoms with Crippen LogP contribution in [0.2, 0.25) is 0 Å². The molecule has 5 heteroatoms. The summed E-state index contributed by atoms with van der Waals surface area (Å²) in [5.74, 6) is -1.44. The standard InChI is InChI=1S/C12H22O5/c1-10(15)12(11(16)17,6-2-4-8-13)7-3-5-9-14/h13-14H,2-9H2,1H3,(H,16,17). The van der Waals surface area contributed by atoms with Crippen LogP contribution < -0.4 is 0 Å². The zero-order valence-electron chi connectivity index (χ0n) is 10.3. The molecule has 17 heavy (non-hydrogen) atoms. The van der Waals surface area contributed by atoms with Gasteiger partial charge in [-0.15, -0.1) is 0 Å². The third-order valence-corrected chi connectivity index (χ3v) is 3.11. The van der Waals surface area contributed by atoms with Crippen LogP contribution in [0.3, 0.4) is 0 Å². The summed E-state index contributed by atoms with van der Waals surface area (Å²) in [5.41, 5.74) is -1.34. The van der Waals surface area contributed by atoms with Crippen molar-refractivity contribution in [2.45, 2.75) is 45.4 Å². The van der Waals surface area contributed by atoms with Crippen LogP contribution in [0.15, 0.2) is 0 Å². The Hall–Kier alpha value is -0.940. The molecular formula is C12H22O5. The third-order valence-electron chi connectivity index (χ3n) is 3.11. The summed E-state index contributed by atoms with van der Waals surface area (Å²) in [6.45, 7) is 1.31. The number of ketones is 1. The number of Topliss-reactive ketones (excluding diaryl/α,β-unsaturated/α-hetero) is 1. The lowest BCUT2D eigenvalue weighted by Crippen LogP contribution is -2.38. The van der Waals surface area contributed by atoms with Gasteiger partial charge in [0.25, 0.3) is 0 Å². The van der Waals surface area contributed by atoms with Crippen LogP contribution in [0, 0.1) is 5.41 Å². The minimum atomic E-state index is -1.34. The van der Waals surface area contributed by atoms with E-state index in [0.717, 1.165) is 0 Å². The van der Waals surface area contributed by atoms with Gasteiger partial charge in [-0.3, -0.25) is 9.59 Å². The first-order valence-electron chi connectivity index (χ1n) is 5.97. The molecule has 0 fully saturated rings. The average molecular weight is 246 g/mol. The molecule has 0 aromatic carbocycles. The lowest BCUT2D eigenvalue weighted by molar-refractivity contribution is -0.155. The van der Waals surface area contributed by atoms with Gasteiger partial charge in [0.1, 0.15) is 11.2 Å². The van der Waals surface area contributed by atoms with E-state index in [9.17, 15) is 14.7 Å². The maximum atomic E-state index is 11.6. The Bertz CT molecular complexity index is 223. The second-order valence-electron chi connectivity index (χ2n) is 4.30. The molecule has 3 N–H and O–H groups in total. The molecule has 0 bridgehead atoms. The van der Waals surface area contributed by atoms with E-state index < -0.39 is 11.4 Å². The largest absolute Gasteiger partial charge is 0.480 e. The van der Waals surface area contributed by atoms with Crippen molar-refractivity contribution in [3.05, 3.63) is 0 Å². The van der Waals surface area contributed by atoms with Gasteiger partial charge in [-0.1, -0.05) is 0 Å². The van der Waals surface area contributed by atoms with Crippen LogP contribution in [-0.2, 0) is 9.59 Å². The van der Waals surface area contributed by atoms with Gasteiger partial charge in [0, 0.05) is 13.2 Å². The van der Waals surface area contributed by atoms with Crippen molar-refractivity contribution in [1.29, 1.82) is 0 Å². The molecule has 0 saturated carbocycles. The number of carboxylic acids is 1. The summed E-state index contributed by atoms with van der Waals surface area (Å²) in [6, 6.07) is 0. The van der Waals surface area contributed by atoms with E-state index in [2.05, 4.69) is 0 Å². The fourth-order valence-electron chi connectivity index (χ4n) is 1.92. The first-order chi connectivity index (χ1) is 8.01. The second kappa shape index (κ2) is 8.20. The fraction of sp³-hybridized carbons (Fsp3) is 0.833. The van der Waals surface area contributed by atoms with E-state index in [1.165, 1.54) is 6.92 Å². The molecule has 0 spiro atoms. The quantitative estimate of drug-likeness (QED) is 0.394. The minimum absolute atomic E-state index is 0.00421. The van der Waals surface area contributed by atoms with Crippen molar-refractivity contribution in [3.8, 4) is 0 Å². The fourth-order valence-corrected chi connectivity index (χ4v) is 1.92. The van der Waals surface area contributed by atoms with E-state index in [1.807, 2.05) is 0 Å². The van der Waals surface area contributed by atoms with Crippen LogP contribution in [0.5, 0.6) is 0 Å². The number of hydrogen-bond donors (Lipinski definition) is 3. The molecule has 0 aliphatic heterocycles. The van der Waals surface area contributed by atoms with Gasteiger partial charge in [0.05, 0.1) is 0 Å². The highest BCUT2D eigenvalue weighted by Crippen LogP contribution is 2.32. The van der Waals surface area contributed by atoms with Crippen LogP contribution in [-0.4, -0.2) is 40.3 Å². The first-order valence-corrected chi connectivity index (χ1v) is 5.97. The van der Waals surface area contributed by atoms with Gasteiger partial charge < -0.3 is 15.3 Å². The number of unbranched alkanes of at least 4 members (excludes halogenated alkanes) is 2. The first kappa shape index (κ1) is 16.1. The number of carboxylic acid groups (broad SMARTS) is 1. The number of hydrogen-bond acceptors (Lipinski definition) is 4. The predicted molar refractivity (Wildman–Crippen MR) is 62.6 cm³/mol. The number of aliphatic hydroxyl groups excluding tert-OH is 2. The molecule has 0 heterocycles. The van der Waals surface area contributed by atoms with Crippen LogP contribution in [0.25, 0.3) is 0 Å². The molecule has 0 aliphatic carbocycles. The molecule has 0 aromatic heterocycles. The summed E-state index contributed by atoms with van der Waals surface area (Å²) >= 11 is 0. The summed E-state index contributed by atoms with van der Waals surface area (Å²) in [6.07, 6.45) is 2.54. The number of aliphatic hydroxyl groups is 2. The molecule has 0 atom stereocenters. The molecule has 5 nitrogen and oxygen atoms in total. The van der Waals surface area contributed by atoms with E-state index in [4.69, 9.17) is 10.2 Å². The topological polar surface area (TPSA) is 94.8 Å². The molecule has 0 aromatic rings. The van der Waals surface area contributed by atoms with Crippen LogP contribution >= 0.6 is 0 Å². The molecule has 0 unspecified atom stereocenters. The smallest absolute Gasteiger partial charge is 0.317 e. The van der Waals surface area contributed by atoms with Gasteiger partial charge in [-0.25, -0.2) is 0 Å². The van der Waals surface area contributed by atoms with E-state index in [1.54, 1.807) is 0 Å². The van der Waals surface area contributed by atoms with Gasteiger partial charge >= 0.3 is 5.97 Å². The summed E-state index contributed by atoms with van der Waals surface area (Å²) in [5, 5.41) is 26.6. The van der Waals surface area contributed by atoms with E-state index in [0.29, 0.717) is 25.7 Å². The lowest BCUT2D eigenvalue weighted by Gasteiger charge is -2.26. The highest BCUT2D eigenvalue weighted by Gasteiger charge is 2.41. The number of carbonyl (C=O) groups excluding carboxylic acids is 1. The highest BCUT2D eigenvalue weighted by atomic mass is 16.4. The molecule has 0 radical (unpaired) electrons. The lowest BCUT2D eigenvalue weighted by atomic mass is 9.75. The Kier molecular flexibility index (Phi) is 7.74. The maximum Gasteiger partial charge on any atom is 0.317 e. The van der Waals surface area contributed by atoms with Crippen molar-refractivity contribution in [2.75, 3.05) is 13.2 Å².